The third kappa shape index (κ3) is 3.97. The van der Waals surface area contributed by atoms with Crippen molar-refractivity contribution in [3.05, 3.63) is 38.9 Å². The Morgan fingerprint density at radius 2 is 2.00 bits per heavy atom. The van der Waals surface area contributed by atoms with Crippen molar-refractivity contribution in [2.75, 3.05) is 39.3 Å². The van der Waals surface area contributed by atoms with Crippen molar-refractivity contribution < 1.29 is 9.72 Å². The first-order valence-corrected chi connectivity index (χ1v) is 8.12. The number of piperazine rings is 1. The quantitative estimate of drug-likeness (QED) is 0.644. The minimum atomic E-state index is -0.538. The monoisotopic (exact) mass is 374 g/mol. The van der Waals surface area contributed by atoms with Crippen LogP contribution in [0, 0.1) is 10.1 Å². The lowest BCUT2D eigenvalue weighted by atomic mass is 10.1. The molecule has 2 heterocycles. The van der Waals surface area contributed by atoms with Crippen LogP contribution in [0.1, 0.15) is 16.8 Å². The Labute approximate surface area is 151 Å². The third-order valence-electron chi connectivity index (χ3n) is 4.54. The summed E-state index contributed by atoms with van der Waals surface area (Å²) in [4.78, 5) is 27.3. The van der Waals surface area contributed by atoms with Crippen LogP contribution < -0.4 is 5.32 Å². The van der Waals surface area contributed by atoms with E-state index < -0.39 is 4.92 Å². The van der Waals surface area contributed by atoms with Crippen LogP contribution in [0.3, 0.4) is 0 Å². The van der Waals surface area contributed by atoms with Crippen molar-refractivity contribution in [1.29, 1.82) is 0 Å². The van der Waals surface area contributed by atoms with Gasteiger partial charge in [-0.15, -0.1) is 12.4 Å². The van der Waals surface area contributed by atoms with Crippen LogP contribution in [0.5, 0.6) is 0 Å². The van der Waals surface area contributed by atoms with Gasteiger partial charge in [-0.05, 0) is 25.1 Å². The van der Waals surface area contributed by atoms with E-state index in [2.05, 4.69) is 10.2 Å². The van der Waals surface area contributed by atoms with Crippen molar-refractivity contribution in [1.82, 2.24) is 15.1 Å². The number of carbonyl (C=O) groups excluding carboxylic acids is 1. The molecule has 2 saturated heterocycles. The number of carbonyl (C=O) groups is 1. The van der Waals surface area contributed by atoms with Crippen molar-refractivity contribution in [3.8, 4) is 0 Å². The molecule has 0 radical (unpaired) electrons. The zero-order valence-corrected chi connectivity index (χ0v) is 14.7. The Kier molecular flexibility index (Phi) is 6.40. The lowest BCUT2D eigenvalue weighted by molar-refractivity contribution is -0.385. The molecular weight excluding hydrogens is 355 g/mol. The number of nitro groups is 1. The van der Waals surface area contributed by atoms with Crippen molar-refractivity contribution in [2.45, 2.75) is 12.5 Å². The van der Waals surface area contributed by atoms with Crippen LogP contribution in [0.2, 0.25) is 5.02 Å². The van der Waals surface area contributed by atoms with E-state index in [0.717, 1.165) is 32.6 Å². The SMILES string of the molecule is Cl.O=C(c1cc(Cl)ccc1[N+](=O)[O-])N1CCN(C2CCNC2)CC1. The topological polar surface area (TPSA) is 78.7 Å². The lowest BCUT2D eigenvalue weighted by Crippen LogP contribution is -2.52. The minimum absolute atomic E-state index is 0. The molecule has 2 aliphatic rings. The molecule has 1 atom stereocenters. The normalized spacial score (nSPS) is 21.4. The molecule has 132 valence electrons. The Balaban J connectivity index is 0.00000208. The molecule has 9 heteroatoms. The average Bonchev–Trinajstić information content (AvgIpc) is 3.08. The van der Waals surface area contributed by atoms with E-state index in [4.69, 9.17) is 11.6 Å². The molecule has 1 aromatic carbocycles. The Hall–Kier alpha value is -1.41. The summed E-state index contributed by atoms with van der Waals surface area (Å²) in [7, 11) is 0. The molecule has 1 aromatic rings. The maximum absolute atomic E-state index is 12.6. The molecule has 0 aliphatic carbocycles. The summed E-state index contributed by atoms with van der Waals surface area (Å²) in [5.74, 6) is -0.316. The van der Waals surface area contributed by atoms with Crippen LogP contribution in [-0.2, 0) is 0 Å². The van der Waals surface area contributed by atoms with Gasteiger partial charge in [-0.1, -0.05) is 11.6 Å². The summed E-state index contributed by atoms with van der Waals surface area (Å²) in [5.41, 5.74) is -0.125. The molecule has 0 spiro atoms. The average molecular weight is 375 g/mol. The van der Waals surface area contributed by atoms with Crippen LogP contribution in [0.25, 0.3) is 0 Å². The standard InChI is InChI=1S/C15H19ClN4O3.ClH/c16-11-1-2-14(20(22)23)13(9-11)15(21)19-7-5-18(6-8-19)12-3-4-17-10-12;/h1-2,9,12,17H,3-8,10H2;1H. The molecular formula is C15H20Cl2N4O3. The van der Waals surface area contributed by atoms with Crippen LogP contribution >= 0.6 is 24.0 Å². The van der Waals surface area contributed by atoms with E-state index in [1.165, 1.54) is 18.2 Å². The largest absolute Gasteiger partial charge is 0.336 e. The number of halogens is 2. The maximum Gasteiger partial charge on any atom is 0.282 e. The van der Waals surface area contributed by atoms with Gasteiger partial charge in [-0.3, -0.25) is 19.8 Å². The zero-order valence-electron chi connectivity index (χ0n) is 13.1. The van der Waals surface area contributed by atoms with Crippen molar-refractivity contribution >= 4 is 35.6 Å². The van der Waals surface area contributed by atoms with E-state index in [9.17, 15) is 14.9 Å². The van der Waals surface area contributed by atoms with E-state index in [-0.39, 0.29) is 29.6 Å². The molecule has 24 heavy (non-hydrogen) atoms. The fourth-order valence-corrected chi connectivity index (χ4v) is 3.42. The maximum atomic E-state index is 12.6. The van der Waals surface area contributed by atoms with Crippen LogP contribution in [0.15, 0.2) is 18.2 Å². The van der Waals surface area contributed by atoms with Gasteiger partial charge >= 0.3 is 0 Å². The Bertz CT molecular complexity index is 615. The number of rotatable bonds is 3. The first kappa shape index (κ1) is 18.9. The predicted octanol–water partition coefficient (Wildman–Crippen LogP) is 1.79. The second-order valence-corrected chi connectivity index (χ2v) is 6.33. The number of benzene rings is 1. The summed E-state index contributed by atoms with van der Waals surface area (Å²) >= 11 is 5.91. The molecule has 3 rings (SSSR count). The Morgan fingerprint density at radius 3 is 2.58 bits per heavy atom. The van der Waals surface area contributed by atoms with Gasteiger partial charge in [0.05, 0.1) is 4.92 Å². The molecule has 0 aromatic heterocycles. The fourth-order valence-electron chi connectivity index (χ4n) is 3.25. The van der Waals surface area contributed by atoms with Crippen LogP contribution in [-0.4, -0.2) is 65.9 Å². The smallest absolute Gasteiger partial charge is 0.282 e. The van der Waals surface area contributed by atoms with E-state index in [1.54, 1.807) is 4.90 Å². The summed E-state index contributed by atoms with van der Waals surface area (Å²) in [5, 5.41) is 14.8. The number of amides is 1. The molecule has 1 N–H and O–H groups in total. The zero-order chi connectivity index (χ0) is 16.4. The third-order valence-corrected chi connectivity index (χ3v) is 4.77. The molecule has 7 nitrogen and oxygen atoms in total. The second kappa shape index (κ2) is 8.11. The highest BCUT2D eigenvalue weighted by Gasteiger charge is 2.30. The number of nitrogens with one attached hydrogen (secondary N) is 1. The fraction of sp³-hybridized carbons (Fsp3) is 0.533. The van der Waals surface area contributed by atoms with Crippen molar-refractivity contribution in [2.24, 2.45) is 0 Å². The van der Waals surface area contributed by atoms with Gasteiger partial charge < -0.3 is 10.2 Å². The van der Waals surface area contributed by atoms with Crippen LogP contribution in [0.4, 0.5) is 5.69 Å². The summed E-state index contributed by atoms with van der Waals surface area (Å²) in [6.07, 6.45) is 1.13. The number of hydrogen-bond acceptors (Lipinski definition) is 5. The van der Waals surface area contributed by atoms with E-state index >= 15 is 0 Å². The molecule has 0 bridgehead atoms. The van der Waals surface area contributed by atoms with Gasteiger partial charge in [0, 0.05) is 49.9 Å². The van der Waals surface area contributed by atoms with E-state index in [0.29, 0.717) is 24.2 Å². The number of nitro benzene ring substituents is 1. The summed E-state index contributed by atoms with van der Waals surface area (Å²) in [6, 6.07) is 4.64. The highest BCUT2D eigenvalue weighted by molar-refractivity contribution is 6.31. The molecule has 2 aliphatic heterocycles. The highest BCUT2D eigenvalue weighted by atomic mass is 35.5. The van der Waals surface area contributed by atoms with Gasteiger partial charge in [0.2, 0.25) is 0 Å². The summed E-state index contributed by atoms with van der Waals surface area (Å²) < 4.78 is 0. The van der Waals surface area contributed by atoms with Gasteiger partial charge in [0.25, 0.3) is 11.6 Å². The Morgan fingerprint density at radius 1 is 1.29 bits per heavy atom. The van der Waals surface area contributed by atoms with Crippen molar-refractivity contribution in [3.63, 3.8) is 0 Å². The van der Waals surface area contributed by atoms with Gasteiger partial charge in [-0.2, -0.15) is 0 Å². The first-order chi connectivity index (χ1) is 11.1. The van der Waals surface area contributed by atoms with Gasteiger partial charge in [0.15, 0.2) is 0 Å². The minimum Gasteiger partial charge on any atom is -0.336 e. The highest BCUT2D eigenvalue weighted by Crippen LogP contribution is 2.25. The summed E-state index contributed by atoms with van der Waals surface area (Å²) in [6.45, 7) is 4.79. The molecule has 0 saturated carbocycles. The first-order valence-electron chi connectivity index (χ1n) is 7.74. The molecule has 1 amide bonds. The molecule has 2 fully saturated rings. The van der Waals surface area contributed by atoms with E-state index in [1.807, 2.05) is 0 Å². The van der Waals surface area contributed by atoms with Gasteiger partial charge in [0.1, 0.15) is 5.56 Å². The second-order valence-electron chi connectivity index (χ2n) is 5.89. The molecule has 1 unspecified atom stereocenters. The lowest BCUT2D eigenvalue weighted by Gasteiger charge is -2.37. The van der Waals surface area contributed by atoms with Gasteiger partial charge in [-0.25, -0.2) is 0 Å². The number of nitrogens with zero attached hydrogens (tertiary/aromatic N) is 3. The number of hydrogen-bond donors (Lipinski definition) is 1. The predicted molar refractivity (Wildman–Crippen MR) is 94.1 cm³/mol.